The summed E-state index contributed by atoms with van der Waals surface area (Å²) in [6.07, 6.45) is 2.33. The van der Waals surface area contributed by atoms with E-state index in [0.29, 0.717) is 5.92 Å². The Morgan fingerprint density at radius 3 is 2.63 bits per heavy atom. The van der Waals surface area contributed by atoms with E-state index < -0.39 is 0 Å². The molecule has 19 heavy (non-hydrogen) atoms. The van der Waals surface area contributed by atoms with Crippen molar-refractivity contribution in [3.05, 3.63) is 35.6 Å². The molecule has 2 fully saturated rings. The first-order valence-electron chi connectivity index (χ1n) is 7.01. The van der Waals surface area contributed by atoms with Gasteiger partial charge < -0.3 is 9.47 Å². The largest absolute Gasteiger partial charge is 0.350 e. The number of halogens is 1. The molecule has 0 aliphatic carbocycles. The summed E-state index contributed by atoms with van der Waals surface area (Å²) < 4.78 is 24.1. The number of hydrogen-bond acceptors (Lipinski definition) is 3. The van der Waals surface area contributed by atoms with Crippen molar-refractivity contribution >= 4 is 0 Å². The number of benzene rings is 1. The van der Waals surface area contributed by atoms with Crippen molar-refractivity contribution in [2.75, 3.05) is 26.3 Å². The van der Waals surface area contributed by atoms with E-state index in [1.54, 1.807) is 0 Å². The van der Waals surface area contributed by atoms with Crippen molar-refractivity contribution in [1.82, 2.24) is 4.90 Å². The van der Waals surface area contributed by atoms with Gasteiger partial charge in [-0.3, -0.25) is 4.90 Å². The Balaban J connectivity index is 1.57. The third-order valence-corrected chi connectivity index (χ3v) is 3.89. The fourth-order valence-corrected chi connectivity index (χ4v) is 2.95. The van der Waals surface area contributed by atoms with Crippen molar-refractivity contribution < 1.29 is 13.9 Å². The lowest BCUT2D eigenvalue weighted by atomic mass is 9.97. The molecular formula is C15H20FNO2. The summed E-state index contributed by atoms with van der Waals surface area (Å²) in [5, 5.41) is 0. The van der Waals surface area contributed by atoms with E-state index in [2.05, 4.69) is 4.90 Å². The predicted molar refractivity (Wildman–Crippen MR) is 70.1 cm³/mol. The molecule has 0 aromatic heterocycles. The number of likely N-dealkylation sites (tertiary alicyclic amines) is 1. The predicted octanol–water partition coefficient (Wildman–Crippen LogP) is 2.41. The number of piperidine rings is 1. The lowest BCUT2D eigenvalue weighted by molar-refractivity contribution is -0.101. The summed E-state index contributed by atoms with van der Waals surface area (Å²) in [5.41, 5.74) is 1.16. The average Bonchev–Trinajstić information content (AvgIpc) is 2.96. The van der Waals surface area contributed by atoms with Crippen molar-refractivity contribution in [2.24, 2.45) is 5.92 Å². The Bertz CT molecular complexity index is 403. The van der Waals surface area contributed by atoms with Gasteiger partial charge in [-0.25, -0.2) is 4.39 Å². The van der Waals surface area contributed by atoms with Crippen LogP contribution in [-0.2, 0) is 16.0 Å². The highest BCUT2D eigenvalue weighted by molar-refractivity contribution is 5.15. The molecule has 2 heterocycles. The third-order valence-electron chi connectivity index (χ3n) is 3.89. The highest BCUT2D eigenvalue weighted by Gasteiger charge is 2.30. The van der Waals surface area contributed by atoms with Crippen molar-refractivity contribution in [1.29, 1.82) is 0 Å². The second-order valence-electron chi connectivity index (χ2n) is 5.37. The fourth-order valence-electron chi connectivity index (χ4n) is 2.95. The van der Waals surface area contributed by atoms with E-state index in [1.165, 1.54) is 25.0 Å². The molecule has 0 radical (unpaired) electrons. The van der Waals surface area contributed by atoms with Crippen LogP contribution in [0.3, 0.4) is 0 Å². The maximum atomic E-state index is 12.9. The molecule has 3 nitrogen and oxygen atoms in total. The summed E-state index contributed by atoms with van der Waals surface area (Å²) in [5.74, 6) is 0.296. The van der Waals surface area contributed by atoms with E-state index in [-0.39, 0.29) is 12.1 Å². The standard InChI is InChI=1S/C15H20FNO2/c16-14-5-3-12(4-6-14)10-17-7-1-2-13(11-17)15-18-8-9-19-15/h3-6,13,15H,1-2,7-11H2. The molecule has 4 heteroatoms. The first kappa shape index (κ1) is 13.0. The zero-order chi connectivity index (χ0) is 13.1. The number of ether oxygens (including phenoxy) is 2. The minimum absolute atomic E-state index is 0.0176. The molecule has 0 bridgehead atoms. The summed E-state index contributed by atoms with van der Waals surface area (Å²) in [4.78, 5) is 2.41. The zero-order valence-electron chi connectivity index (χ0n) is 11.1. The lowest BCUT2D eigenvalue weighted by Gasteiger charge is -2.34. The van der Waals surface area contributed by atoms with E-state index in [4.69, 9.17) is 9.47 Å². The molecule has 3 rings (SSSR count). The second-order valence-corrected chi connectivity index (χ2v) is 5.37. The highest BCUT2D eigenvalue weighted by Crippen LogP contribution is 2.25. The van der Waals surface area contributed by atoms with Gasteiger partial charge in [-0.2, -0.15) is 0 Å². The van der Waals surface area contributed by atoms with Crippen LogP contribution in [0.4, 0.5) is 4.39 Å². The van der Waals surface area contributed by atoms with Crippen LogP contribution < -0.4 is 0 Å². The van der Waals surface area contributed by atoms with Crippen LogP contribution in [0.25, 0.3) is 0 Å². The first-order valence-corrected chi connectivity index (χ1v) is 7.01. The molecule has 1 aromatic carbocycles. The molecule has 2 aliphatic rings. The van der Waals surface area contributed by atoms with Crippen LogP contribution in [0.15, 0.2) is 24.3 Å². The van der Waals surface area contributed by atoms with Gasteiger partial charge in [0.2, 0.25) is 0 Å². The third kappa shape index (κ3) is 3.32. The van der Waals surface area contributed by atoms with E-state index in [9.17, 15) is 4.39 Å². The van der Waals surface area contributed by atoms with Crippen molar-refractivity contribution in [2.45, 2.75) is 25.7 Å². The summed E-state index contributed by atoms with van der Waals surface area (Å²) in [6.45, 7) is 4.42. The first-order chi connectivity index (χ1) is 9.31. The van der Waals surface area contributed by atoms with Crippen LogP contribution in [-0.4, -0.2) is 37.5 Å². The van der Waals surface area contributed by atoms with Gasteiger partial charge in [0, 0.05) is 19.0 Å². The highest BCUT2D eigenvalue weighted by atomic mass is 19.1. The van der Waals surface area contributed by atoms with Crippen molar-refractivity contribution in [3.63, 3.8) is 0 Å². The van der Waals surface area contributed by atoms with Crippen LogP contribution in [0.5, 0.6) is 0 Å². The normalized spacial score (nSPS) is 25.8. The molecule has 2 saturated heterocycles. The van der Waals surface area contributed by atoms with Crippen LogP contribution >= 0.6 is 0 Å². The summed E-state index contributed by atoms with van der Waals surface area (Å²) in [7, 11) is 0. The maximum Gasteiger partial charge on any atom is 0.161 e. The SMILES string of the molecule is Fc1ccc(CN2CCCC(C3OCCO3)C2)cc1. The minimum Gasteiger partial charge on any atom is -0.350 e. The van der Waals surface area contributed by atoms with Gasteiger partial charge >= 0.3 is 0 Å². The Kier molecular flexibility index (Phi) is 4.11. The lowest BCUT2D eigenvalue weighted by Crippen LogP contribution is -2.40. The Hall–Kier alpha value is -0.970. The smallest absolute Gasteiger partial charge is 0.161 e. The Labute approximate surface area is 113 Å². The second kappa shape index (κ2) is 5.99. The molecule has 0 N–H and O–H groups in total. The molecule has 0 amide bonds. The van der Waals surface area contributed by atoms with Gasteiger partial charge in [0.15, 0.2) is 6.29 Å². The quantitative estimate of drug-likeness (QED) is 0.837. The van der Waals surface area contributed by atoms with Crippen LogP contribution in [0.2, 0.25) is 0 Å². The summed E-state index contributed by atoms with van der Waals surface area (Å²) in [6, 6.07) is 6.78. The average molecular weight is 265 g/mol. The van der Waals surface area contributed by atoms with E-state index >= 15 is 0 Å². The molecule has 0 spiro atoms. The molecule has 104 valence electrons. The number of nitrogens with zero attached hydrogens (tertiary/aromatic N) is 1. The Morgan fingerprint density at radius 1 is 1.16 bits per heavy atom. The topological polar surface area (TPSA) is 21.7 Å². The van der Waals surface area contributed by atoms with E-state index in [0.717, 1.165) is 38.4 Å². The van der Waals surface area contributed by atoms with Crippen molar-refractivity contribution in [3.8, 4) is 0 Å². The van der Waals surface area contributed by atoms with Crippen LogP contribution in [0.1, 0.15) is 18.4 Å². The molecule has 0 saturated carbocycles. The molecule has 1 aromatic rings. The molecule has 1 unspecified atom stereocenters. The van der Waals surface area contributed by atoms with Gasteiger partial charge in [0.25, 0.3) is 0 Å². The molecule has 1 atom stereocenters. The van der Waals surface area contributed by atoms with Gasteiger partial charge in [0.05, 0.1) is 13.2 Å². The van der Waals surface area contributed by atoms with Gasteiger partial charge in [-0.05, 0) is 37.1 Å². The molecular weight excluding hydrogens is 245 g/mol. The van der Waals surface area contributed by atoms with Crippen LogP contribution in [0, 0.1) is 11.7 Å². The monoisotopic (exact) mass is 265 g/mol. The fraction of sp³-hybridized carbons (Fsp3) is 0.600. The molecule has 2 aliphatic heterocycles. The summed E-state index contributed by atoms with van der Waals surface area (Å²) >= 11 is 0. The maximum absolute atomic E-state index is 12.9. The zero-order valence-corrected chi connectivity index (χ0v) is 11.1. The number of rotatable bonds is 3. The van der Waals surface area contributed by atoms with E-state index in [1.807, 2.05) is 12.1 Å². The van der Waals surface area contributed by atoms with Gasteiger partial charge in [-0.15, -0.1) is 0 Å². The minimum atomic E-state index is -0.173. The van der Waals surface area contributed by atoms with Gasteiger partial charge in [0.1, 0.15) is 5.82 Å². The number of hydrogen-bond donors (Lipinski definition) is 0. The van der Waals surface area contributed by atoms with Gasteiger partial charge in [-0.1, -0.05) is 12.1 Å². The Morgan fingerprint density at radius 2 is 1.89 bits per heavy atom.